The van der Waals surface area contributed by atoms with Crippen LogP contribution >= 0.6 is 22.9 Å². The summed E-state index contributed by atoms with van der Waals surface area (Å²) in [6.07, 6.45) is 1.08. The second-order valence-corrected chi connectivity index (χ2v) is 6.18. The van der Waals surface area contributed by atoms with Crippen LogP contribution in [0.2, 0.25) is 5.02 Å². The minimum atomic E-state index is -0.399. The van der Waals surface area contributed by atoms with Crippen molar-refractivity contribution in [3.63, 3.8) is 0 Å². The maximum Gasteiger partial charge on any atom is 0.152 e. The van der Waals surface area contributed by atoms with Gasteiger partial charge in [0, 0.05) is 16.5 Å². The van der Waals surface area contributed by atoms with Gasteiger partial charge in [0.05, 0.1) is 10.7 Å². The molecule has 20 heavy (non-hydrogen) atoms. The topological polar surface area (TPSA) is 24.9 Å². The predicted molar refractivity (Wildman–Crippen MR) is 84.0 cm³/mol. The van der Waals surface area contributed by atoms with Crippen molar-refractivity contribution < 1.29 is 4.39 Å². The Hall–Kier alpha value is -0.970. The summed E-state index contributed by atoms with van der Waals surface area (Å²) < 4.78 is 14.1. The SMILES string of the molecule is CCCNC(C)c1sc(-c2cccc(Cl)c2F)nc1C. The van der Waals surface area contributed by atoms with Crippen molar-refractivity contribution in [3.05, 3.63) is 39.6 Å². The molecule has 0 fully saturated rings. The van der Waals surface area contributed by atoms with Crippen LogP contribution in [-0.2, 0) is 0 Å². The van der Waals surface area contributed by atoms with Gasteiger partial charge in [-0.1, -0.05) is 24.6 Å². The van der Waals surface area contributed by atoms with Gasteiger partial charge in [-0.15, -0.1) is 11.3 Å². The summed E-state index contributed by atoms with van der Waals surface area (Å²) in [6.45, 7) is 7.15. The number of halogens is 2. The molecule has 1 heterocycles. The van der Waals surface area contributed by atoms with Crippen LogP contribution in [-0.4, -0.2) is 11.5 Å². The zero-order chi connectivity index (χ0) is 14.7. The van der Waals surface area contributed by atoms with Crippen molar-refractivity contribution in [2.24, 2.45) is 0 Å². The predicted octanol–water partition coefficient (Wildman–Crippen LogP) is 4.97. The van der Waals surface area contributed by atoms with E-state index in [0.717, 1.165) is 23.5 Å². The largest absolute Gasteiger partial charge is 0.309 e. The molecule has 0 saturated carbocycles. The summed E-state index contributed by atoms with van der Waals surface area (Å²) in [5, 5.41) is 4.25. The Morgan fingerprint density at radius 2 is 2.20 bits per heavy atom. The van der Waals surface area contributed by atoms with Crippen molar-refractivity contribution in [1.82, 2.24) is 10.3 Å². The first-order valence-corrected chi connectivity index (χ1v) is 7.89. The number of hydrogen-bond acceptors (Lipinski definition) is 3. The van der Waals surface area contributed by atoms with E-state index in [1.54, 1.807) is 18.2 Å². The molecule has 0 aliphatic rings. The molecular weight excluding hydrogens is 295 g/mol. The van der Waals surface area contributed by atoms with Gasteiger partial charge in [-0.2, -0.15) is 0 Å². The summed E-state index contributed by atoms with van der Waals surface area (Å²) in [6, 6.07) is 5.24. The van der Waals surface area contributed by atoms with Crippen molar-refractivity contribution in [2.75, 3.05) is 6.54 Å². The molecule has 1 atom stereocenters. The van der Waals surface area contributed by atoms with Crippen LogP contribution < -0.4 is 5.32 Å². The average molecular weight is 313 g/mol. The molecule has 1 aromatic carbocycles. The molecule has 1 unspecified atom stereocenters. The maximum atomic E-state index is 14.1. The highest BCUT2D eigenvalue weighted by Crippen LogP contribution is 2.34. The Labute approximate surface area is 128 Å². The molecule has 0 amide bonds. The smallest absolute Gasteiger partial charge is 0.152 e. The van der Waals surface area contributed by atoms with Crippen LogP contribution in [0.25, 0.3) is 10.6 Å². The molecule has 108 valence electrons. The highest BCUT2D eigenvalue weighted by Gasteiger charge is 2.17. The van der Waals surface area contributed by atoms with Gasteiger partial charge in [0.1, 0.15) is 5.01 Å². The van der Waals surface area contributed by atoms with Gasteiger partial charge in [-0.25, -0.2) is 9.37 Å². The van der Waals surface area contributed by atoms with E-state index >= 15 is 0 Å². The van der Waals surface area contributed by atoms with Crippen molar-refractivity contribution in [3.8, 4) is 10.6 Å². The van der Waals surface area contributed by atoms with Crippen LogP contribution in [0.1, 0.15) is 36.9 Å². The fourth-order valence-corrected chi connectivity index (χ4v) is 3.33. The lowest BCUT2D eigenvalue weighted by Crippen LogP contribution is -2.18. The second kappa shape index (κ2) is 6.66. The average Bonchev–Trinajstić information content (AvgIpc) is 2.81. The summed E-state index contributed by atoms with van der Waals surface area (Å²) in [5.41, 5.74) is 1.42. The molecule has 0 radical (unpaired) electrons. The van der Waals surface area contributed by atoms with Crippen molar-refractivity contribution in [1.29, 1.82) is 0 Å². The lowest BCUT2D eigenvalue weighted by molar-refractivity contribution is 0.575. The molecule has 1 aromatic heterocycles. The Morgan fingerprint density at radius 1 is 1.45 bits per heavy atom. The van der Waals surface area contributed by atoms with E-state index in [9.17, 15) is 4.39 Å². The Kier molecular flexibility index (Phi) is 5.13. The lowest BCUT2D eigenvalue weighted by Gasteiger charge is -2.11. The number of benzene rings is 1. The van der Waals surface area contributed by atoms with E-state index in [-0.39, 0.29) is 11.1 Å². The molecule has 0 aliphatic carbocycles. The van der Waals surface area contributed by atoms with E-state index in [4.69, 9.17) is 11.6 Å². The number of thiazole rings is 1. The molecular formula is C15H18ClFN2S. The summed E-state index contributed by atoms with van der Waals surface area (Å²) >= 11 is 7.35. The fraction of sp³-hybridized carbons (Fsp3) is 0.400. The number of nitrogens with one attached hydrogen (secondary N) is 1. The molecule has 2 rings (SSSR count). The highest BCUT2D eigenvalue weighted by molar-refractivity contribution is 7.15. The minimum absolute atomic E-state index is 0.133. The Morgan fingerprint density at radius 3 is 2.90 bits per heavy atom. The van der Waals surface area contributed by atoms with Crippen LogP contribution in [0.3, 0.4) is 0 Å². The van der Waals surface area contributed by atoms with E-state index in [1.165, 1.54) is 11.3 Å². The quantitative estimate of drug-likeness (QED) is 0.843. The highest BCUT2D eigenvalue weighted by atomic mass is 35.5. The molecule has 2 nitrogen and oxygen atoms in total. The molecule has 1 N–H and O–H groups in total. The van der Waals surface area contributed by atoms with E-state index in [2.05, 4.69) is 24.1 Å². The number of aryl methyl sites for hydroxylation is 1. The molecule has 0 bridgehead atoms. The van der Waals surface area contributed by atoms with E-state index < -0.39 is 5.82 Å². The third-order valence-corrected chi connectivity index (χ3v) is 4.77. The van der Waals surface area contributed by atoms with Gasteiger partial charge in [-0.3, -0.25) is 0 Å². The number of hydrogen-bond donors (Lipinski definition) is 1. The number of rotatable bonds is 5. The first-order valence-electron chi connectivity index (χ1n) is 6.69. The molecule has 5 heteroatoms. The maximum absolute atomic E-state index is 14.1. The van der Waals surface area contributed by atoms with E-state index in [1.807, 2.05) is 6.92 Å². The van der Waals surface area contributed by atoms with Gasteiger partial charge in [-0.05, 0) is 38.9 Å². The molecule has 0 aliphatic heterocycles. The van der Waals surface area contributed by atoms with Crippen molar-refractivity contribution in [2.45, 2.75) is 33.2 Å². The summed E-state index contributed by atoms with van der Waals surface area (Å²) in [7, 11) is 0. The van der Waals surface area contributed by atoms with Gasteiger partial charge < -0.3 is 5.32 Å². The number of aromatic nitrogens is 1. The summed E-state index contributed by atoms with van der Waals surface area (Å²) in [4.78, 5) is 5.64. The third kappa shape index (κ3) is 3.19. The van der Waals surface area contributed by atoms with Gasteiger partial charge >= 0.3 is 0 Å². The third-order valence-electron chi connectivity index (χ3n) is 3.11. The fourth-order valence-electron chi connectivity index (χ4n) is 2.05. The Bertz CT molecular complexity index is 598. The van der Waals surface area contributed by atoms with Gasteiger partial charge in [0.25, 0.3) is 0 Å². The first kappa shape index (κ1) is 15.4. The Balaban J connectivity index is 2.33. The zero-order valence-electron chi connectivity index (χ0n) is 11.8. The van der Waals surface area contributed by atoms with Crippen molar-refractivity contribution >= 4 is 22.9 Å². The summed E-state index contributed by atoms with van der Waals surface area (Å²) in [5.74, 6) is -0.399. The standard InChI is InChI=1S/C15H18ClFN2S/c1-4-8-18-9(2)14-10(3)19-15(20-14)11-6-5-7-12(16)13(11)17/h5-7,9,18H,4,8H2,1-3H3. The zero-order valence-corrected chi connectivity index (χ0v) is 13.4. The monoisotopic (exact) mass is 312 g/mol. The van der Waals surface area contributed by atoms with Crippen LogP contribution in [0.4, 0.5) is 4.39 Å². The van der Waals surface area contributed by atoms with Crippen LogP contribution in [0.15, 0.2) is 18.2 Å². The minimum Gasteiger partial charge on any atom is -0.309 e. The van der Waals surface area contributed by atoms with E-state index in [0.29, 0.717) is 10.6 Å². The van der Waals surface area contributed by atoms with Crippen LogP contribution in [0, 0.1) is 12.7 Å². The molecule has 2 aromatic rings. The normalized spacial score (nSPS) is 12.7. The van der Waals surface area contributed by atoms with Gasteiger partial charge in [0.15, 0.2) is 5.82 Å². The lowest BCUT2D eigenvalue weighted by atomic mass is 10.2. The van der Waals surface area contributed by atoms with Crippen LogP contribution in [0.5, 0.6) is 0 Å². The number of nitrogens with zero attached hydrogens (tertiary/aromatic N) is 1. The van der Waals surface area contributed by atoms with Gasteiger partial charge in [0.2, 0.25) is 0 Å². The molecule has 0 spiro atoms. The second-order valence-electron chi connectivity index (χ2n) is 4.75. The molecule has 0 saturated heterocycles. The first-order chi connectivity index (χ1) is 9.54.